The first-order valence-corrected chi connectivity index (χ1v) is 6.93. The van der Waals surface area contributed by atoms with Gasteiger partial charge in [-0.05, 0) is 31.9 Å². The average Bonchev–Trinajstić information content (AvgIpc) is 2.43. The van der Waals surface area contributed by atoms with Gasteiger partial charge in [-0.15, -0.1) is 0 Å². The number of nitrogens with zero attached hydrogens (tertiary/aromatic N) is 2. The molecule has 1 atom stereocenters. The van der Waals surface area contributed by atoms with Crippen LogP contribution in [0.2, 0.25) is 0 Å². The Morgan fingerprint density at radius 1 is 1.25 bits per heavy atom. The lowest BCUT2D eigenvalue weighted by Crippen LogP contribution is -2.31. The molecule has 0 aliphatic rings. The first kappa shape index (κ1) is 14.5. The fourth-order valence-electron chi connectivity index (χ4n) is 2.24. The lowest BCUT2D eigenvalue weighted by atomic mass is 9.99. The van der Waals surface area contributed by atoms with Gasteiger partial charge in [0.2, 0.25) is 0 Å². The maximum Gasteiger partial charge on any atom is 0.271 e. The Bertz CT molecular complexity index is 644. The molecule has 0 aliphatic heterocycles. The van der Waals surface area contributed by atoms with E-state index in [0.717, 1.165) is 17.7 Å². The molecule has 4 nitrogen and oxygen atoms in total. The van der Waals surface area contributed by atoms with E-state index >= 15 is 0 Å². The molecule has 20 heavy (non-hydrogen) atoms. The van der Waals surface area contributed by atoms with E-state index in [2.05, 4.69) is 5.10 Å². The minimum atomic E-state index is -0.409. The lowest BCUT2D eigenvalue weighted by Gasteiger charge is -2.14. The third-order valence-electron chi connectivity index (χ3n) is 3.33. The molecule has 0 saturated heterocycles. The van der Waals surface area contributed by atoms with Gasteiger partial charge in [-0.3, -0.25) is 4.79 Å². The molecule has 106 valence electrons. The van der Waals surface area contributed by atoms with Crippen LogP contribution in [0.1, 0.15) is 41.8 Å². The number of nitrogens with two attached hydrogens (primary N) is 1. The van der Waals surface area contributed by atoms with Crippen LogP contribution < -0.4 is 11.3 Å². The third-order valence-corrected chi connectivity index (χ3v) is 3.33. The molecule has 0 saturated carbocycles. The monoisotopic (exact) mass is 271 g/mol. The third kappa shape index (κ3) is 2.96. The van der Waals surface area contributed by atoms with Gasteiger partial charge in [-0.25, -0.2) is 4.68 Å². The van der Waals surface area contributed by atoms with Gasteiger partial charge in [0.1, 0.15) is 0 Å². The zero-order chi connectivity index (χ0) is 14.7. The molecule has 2 N–H and O–H groups in total. The van der Waals surface area contributed by atoms with Crippen LogP contribution >= 0.6 is 0 Å². The van der Waals surface area contributed by atoms with Crippen LogP contribution in [0.3, 0.4) is 0 Å². The fraction of sp³-hybridized carbons (Fsp3) is 0.375. The molecule has 0 radical (unpaired) electrons. The van der Waals surface area contributed by atoms with Crippen molar-refractivity contribution in [3.8, 4) is 0 Å². The van der Waals surface area contributed by atoms with E-state index in [4.69, 9.17) is 5.73 Å². The van der Waals surface area contributed by atoms with Crippen LogP contribution in [0.25, 0.3) is 0 Å². The molecule has 0 spiro atoms. The molecule has 4 heteroatoms. The smallest absolute Gasteiger partial charge is 0.271 e. The highest BCUT2D eigenvalue weighted by Gasteiger charge is 2.15. The summed E-state index contributed by atoms with van der Waals surface area (Å²) in [4.78, 5) is 12.4. The zero-order valence-corrected chi connectivity index (χ0v) is 12.3. The summed E-state index contributed by atoms with van der Waals surface area (Å²) in [7, 11) is 0. The van der Waals surface area contributed by atoms with Gasteiger partial charge in [0.15, 0.2) is 0 Å². The van der Waals surface area contributed by atoms with Crippen molar-refractivity contribution in [1.82, 2.24) is 9.78 Å². The van der Waals surface area contributed by atoms with Crippen molar-refractivity contribution in [2.45, 2.75) is 39.8 Å². The Morgan fingerprint density at radius 3 is 2.50 bits per heavy atom. The van der Waals surface area contributed by atoms with E-state index < -0.39 is 6.04 Å². The molecular formula is C16H21N3O. The van der Waals surface area contributed by atoms with Crippen LogP contribution in [-0.2, 0) is 6.54 Å². The minimum absolute atomic E-state index is 0.0921. The predicted molar refractivity (Wildman–Crippen MR) is 80.7 cm³/mol. The highest BCUT2D eigenvalue weighted by atomic mass is 16.1. The van der Waals surface area contributed by atoms with E-state index in [1.165, 1.54) is 10.2 Å². The molecule has 1 aromatic carbocycles. The average molecular weight is 271 g/mol. The van der Waals surface area contributed by atoms with Crippen molar-refractivity contribution < 1.29 is 0 Å². The molecule has 1 heterocycles. The maximum atomic E-state index is 12.4. The van der Waals surface area contributed by atoms with Crippen molar-refractivity contribution in [3.63, 3.8) is 0 Å². The summed E-state index contributed by atoms with van der Waals surface area (Å²) >= 11 is 0. The Morgan fingerprint density at radius 2 is 1.90 bits per heavy atom. The fourth-order valence-corrected chi connectivity index (χ4v) is 2.24. The van der Waals surface area contributed by atoms with Crippen LogP contribution in [0.4, 0.5) is 0 Å². The van der Waals surface area contributed by atoms with Gasteiger partial charge in [-0.1, -0.05) is 36.8 Å². The van der Waals surface area contributed by atoms with E-state index in [9.17, 15) is 4.79 Å². The number of aryl methyl sites for hydroxylation is 3. The van der Waals surface area contributed by atoms with Crippen molar-refractivity contribution in [1.29, 1.82) is 0 Å². The van der Waals surface area contributed by atoms with Crippen molar-refractivity contribution >= 4 is 0 Å². The van der Waals surface area contributed by atoms with Crippen molar-refractivity contribution in [2.75, 3.05) is 0 Å². The Balaban J connectivity index is 2.46. The molecule has 2 aromatic rings. The summed E-state index contributed by atoms with van der Waals surface area (Å²) in [6.45, 7) is 6.56. The minimum Gasteiger partial charge on any atom is -0.320 e. The molecule has 2 rings (SSSR count). The number of rotatable bonds is 4. The van der Waals surface area contributed by atoms with Crippen molar-refractivity contribution in [2.24, 2.45) is 5.73 Å². The normalized spacial score (nSPS) is 12.4. The highest BCUT2D eigenvalue weighted by molar-refractivity contribution is 5.32. The predicted octanol–water partition coefficient (Wildman–Crippen LogP) is 2.32. The molecule has 0 bridgehead atoms. The van der Waals surface area contributed by atoms with E-state index in [1.807, 2.05) is 45.0 Å². The van der Waals surface area contributed by atoms with Gasteiger partial charge >= 0.3 is 0 Å². The van der Waals surface area contributed by atoms with Crippen LogP contribution in [0.15, 0.2) is 35.1 Å². The molecule has 0 amide bonds. The first-order chi connectivity index (χ1) is 9.52. The van der Waals surface area contributed by atoms with Gasteiger partial charge in [0, 0.05) is 12.1 Å². The van der Waals surface area contributed by atoms with E-state index in [1.54, 1.807) is 6.07 Å². The van der Waals surface area contributed by atoms with Crippen LogP contribution in [0, 0.1) is 13.8 Å². The molecule has 0 aliphatic carbocycles. The summed E-state index contributed by atoms with van der Waals surface area (Å²) in [6, 6.07) is 9.34. The Labute approximate surface area is 119 Å². The second kappa shape index (κ2) is 6.01. The zero-order valence-electron chi connectivity index (χ0n) is 12.3. The number of hydrogen-bond donors (Lipinski definition) is 1. The standard InChI is InChI=1S/C16H21N3O/c1-4-9-19-16(20)14(10-12(3)18-19)15(17)13-7-5-11(2)6-8-13/h5-8,10,15H,4,9,17H2,1-3H3. The molecule has 1 unspecified atom stereocenters. The highest BCUT2D eigenvalue weighted by Crippen LogP contribution is 2.17. The number of hydrogen-bond acceptors (Lipinski definition) is 3. The molecular weight excluding hydrogens is 250 g/mol. The maximum absolute atomic E-state index is 12.4. The molecule has 1 aromatic heterocycles. The quantitative estimate of drug-likeness (QED) is 0.928. The van der Waals surface area contributed by atoms with Gasteiger partial charge < -0.3 is 5.73 Å². The summed E-state index contributed by atoms with van der Waals surface area (Å²) in [5.41, 5.74) is 9.71. The van der Waals surface area contributed by atoms with Gasteiger partial charge in [-0.2, -0.15) is 5.10 Å². The number of benzene rings is 1. The van der Waals surface area contributed by atoms with E-state index in [0.29, 0.717) is 12.1 Å². The Kier molecular flexibility index (Phi) is 4.35. The second-order valence-corrected chi connectivity index (χ2v) is 5.16. The lowest BCUT2D eigenvalue weighted by molar-refractivity contribution is 0.551. The van der Waals surface area contributed by atoms with Gasteiger partial charge in [0.05, 0.1) is 11.7 Å². The van der Waals surface area contributed by atoms with Crippen LogP contribution in [-0.4, -0.2) is 9.78 Å². The SMILES string of the molecule is CCCn1nc(C)cc(C(N)c2ccc(C)cc2)c1=O. The van der Waals surface area contributed by atoms with Gasteiger partial charge in [0.25, 0.3) is 5.56 Å². The molecule has 0 fully saturated rings. The first-order valence-electron chi connectivity index (χ1n) is 6.93. The summed E-state index contributed by atoms with van der Waals surface area (Å²) in [5.74, 6) is 0. The van der Waals surface area contributed by atoms with E-state index in [-0.39, 0.29) is 5.56 Å². The van der Waals surface area contributed by atoms with Crippen LogP contribution in [0.5, 0.6) is 0 Å². The summed E-state index contributed by atoms with van der Waals surface area (Å²) < 4.78 is 1.51. The second-order valence-electron chi connectivity index (χ2n) is 5.16. The number of aromatic nitrogens is 2. The topological polar surface area (TPSA) is 60.9 Å². The van der Waals surface area contributed by atoms with Crippen molar-refractivity contribution in [3.05, 3.63) is 63.1 Å². The Hall–Kier alpha value is -1.94. The summed E-state index contributed by atoms with van der Waals surface area (Å²) in [6.07, 6.45) is 0.871. The summed E-state index contributed by atoms with van der Waals surface area (Å²) in [5, 5.41) is 4.26. The largest absolute Gasteiger partial charge is 0.320 e.